The zero-order valence-corrected chi connectivity index (χ0v) is 11.3. The normalized spacial score (nSPS) is 19.0. The van der Waals surface area contributed by atoms with Crippen LogP contribution >= 0.6 is 27.5 Å². The highest BCUT2D eigenvalue weighted by molar-refractivity contribution is 9.10. The van der Waals surface area contributed by atoms with E-state index in [9.17, 15) is 0 Å². The van der Waals surface area contributed by atoms with E-state index in [-0.39, 0.29) is 11.0 Å². The number of nitrogens with two attached hydrogens (primary N) is 1. The topological polar surface area (TPSA) is 26.0 Å². The van der Waals surface area contributed by atoms with Crippen LogP contribution in [0, 0.1) is 0 Å². The maximum atomic E-state index is 6.25. The largest absolute Gasteiger partial charge is 0.325 e. The lowest BCUT2D eigenvalue weighted by molar-refractivity contribution is 0.391. The minimum atomic E-state index is -0.166. The highest BCUT2D eigenvalue weighted by atomic mass is 79.9. The number of halogens is 2. The monoisotopic (exact) mass is 287 g/mol. The Bertz CT molecular complexity index is 391. The Morgan fingerprint density at radius 1 is 1.40 bits per heavy atom. The van der Waals surface area contributed by atoms with Gasteiger partial charge in [-0.25, -0.2) is 0 Å². The van der Waals surface area contributed by atoms with Gasteiger partial charge in [0.15, 0.2) is 0 Å². The fourth-order valence-corrected chi connectivity index (χ4v) is 2.72. The van der Waals surface area contributed by atoms with Gasteiger partial charge in [-0.1, -0.05) is 17.7 Å². The lowest BCUT2D eigenvalue weighted by Gasteiger charge is -2.31. The molecule has 2 rings (SSSR count). The van der Waals surface area contributed by atoms with Crippen molar-refractivity contribution in [1.29, 1.82) is 0 Å². The number of hydrogen-bond donors (Lipinski definition) is 1. The summed E-state index contributed by atoms with van der Waals surface area (Å²) in [6.07, 6.45) is 2.34. The summed E-state index contributed by atoms with van der Waals surface area (Å²) in [5.41, 5.74) is 7.53. The van der Waals surface area contributed by atoms with E-state index in [0.717, 1.165) is 9.50 Å². The van der Waals surface area contributed by atoms with Crippen molar-refractivity contribution in [3.8, 4) is 0 Å². The van der Waals surface area contributed by atoms with Crippen molar-refractivity contribution in [3.63, 3.8) is 0 Å². The van der Waals surface area contributed by atoms with E-state index in [1.165, 1.54) is 18.4 Å². The Hall–Kier alpha value is -0.0500. The highest BCUT2D eigenvalue weighted by Crippen LogP contribution is 2.55. The van der Waals surface area contributed by atoms with Crippen molar-refractivity contribution in [2.75, 3.05) is 0 Å². The van der Waals surface area contributed by atoms with Gasteiger partial charge in [-0.05, 0) is 60.3 Å². The van der Waals surface area contributed by atoms with Crippen LogP contribution in [-0.2, 0) is 5.41 Å². The Morgan fingerprint density at radius 3 is 2.40 bits per heavy atom. The molecule has 0 amide bonds. The number of hydrogen-bond acceptors (Lipinski definition) is 1. The molecular weight excluding hydrogens is 273 g/mol. The molecule has 2 N–H and O–H groups in total. The average molecular weight is 289 g/mol. The van der Waals surface area contributed by atoms with Crippen molar-refractivity contribution in [1.82, 2.24) is 0 Å². The quantitative estimate of drug-likeness (QED) is 0.878. The summed E-state index contributed by atoms with van der Waals surface area (Å²) in [7, 11) is 0. The van der Waals surface area contributed by atoms with Crippen molar-refractivity contribution in [2.24, 2.45) is 5.73 Å². The lowest BCUT2D eigenvalue weighted by Crippen LogP contribution is -2.45. The summed E-state index contributed by atoms with van der Waals surface area (Å²) >= 11 is 9.45. The van der Waals surface area contributed by atoms with Gasteiger partial charge in [-0.2, -0.15) is 0 Å². The van der Waals surface area contributed by atoms with Crippen LogP contribution in [0.25, 0.3) is 0 Å². The predicted octanol–water partition coefficient (Wildman–Crippen LogP) is 3.87. The first-order valence-corrected chi connectivity index (χ1v) is 6.28. The Labute approximate surface area is 104 Å². The number of rotatable bonds is 2. The molecule has 1 aliphatic carbocycles. The molecule has 0 radical (unpaired) electrons. The smallest absolute Gasteiger partial charge is 0.0548 e. The van der Waals surface area contributed by atoms with Gasteiger partial charge in [0.2, 0.25) is 0 Å². The number of benzene rings is 1. The van der Waals surface area contributed by atoms with E-state index >= 15 is 0 Å². The predicted molar refractivity (Wildman–Crippen MR) is 68.3 cm³/mol. The van der Waals surface area contributed by atoms with Gasteiger partial charge in [0.1, 0.15) is 0 Å². The fourth-order valence-electron chi connectivity index (χ4n) is 2.22. The molecule has 1 aliphatic rings. The maximum absolute atomic E-state index is 6.25. The fraction of sp³-hybridized carbons (Fsp3) is 0.500. The molecule has 1 aromatic rings. The summed E-state index contributed by atoms with van der Waals surface area (Å²) in [5, 5.41) is 0.754. The van der Waals surface area contributed by atoms with Crippen LogP contribution in [0.15, 0.2) is 22.7 Å². The molecule has 3 heteroatoms. The minimum Gasteiger partial charge on any atom is -0.325 e. The first-order valence-electron chi connectivity index (χ1n) is 5.11. The third-order valence-corrected chi connectivity index (χ3v) is 4.67. The van der Waals surface area contributed by atoms with Crippen LogP contribution in [0.4, 0.5) is 0 Å². The summed E-state index contributed by atoms with van der Waals surface area (Å²) in [4.78, 5) is 0. The molecule has 82 valence electrons. The van der Waals surface area contributed by atoms with Gasteiger partial charge in [0.05, 0.1) is 5.02 Å². The molecule has 0 heterocycles. The molecule has 0 saturated heterocycles. The molecule has 0 bridgehead atoms. The molecule has 0 aromatic heterocycles. The standard InChI is InChI=1S/C12H15BrClN/c1-11(2,15)12(5-6-12)8-3-4-10(14)9(13)7-8/h3-4,7H,5-6,15H2,1-2H3. The van der Waals surface area contributed by atoms with E-state index in [2.05, 4.69) is 41.9 Å². The van der Waals surface area contributed by atoms with E-state index in [4.69, 9.17) is 17.3 Å². The van der Waals surface area contributed by atoms with E-state index in [1.54, 1.807) is 0 Å². The van der Waals surface area contributed by atoms with Crippen LogP contribution in [0.1, 0.15) is 32.3 Å². The second kappa shape index (κ2) is 3.47. The molecule has 1 fully saturated rings. The van der Waals surface area contributed by atoms with Crippen LogP contribution < -0.4 is 5.73 Å². The molecular formula is C12H15BrClN. The lowest BCUT2D eigenvalue weighted by atomic mass is 9.79. The zero-order valence-electron chi connectivity index (χ0n) is 8.98. The highest BCUT2D eigenvalue weighted by Gasteiger charge is 2.53. The van der Waals surface area contributed by atoms with Crippen molar-refractivity contribution in [2.45, 2.75) is 37.6 Å². The molecule has 0 aliphatic heterocycles. The van der Waals surface area contributed by atoms with Gasteiger partial charge in [0, 0.05) is 15.4 Å². The van der Waals surface area contributed by atoms with E-state index in [0.29, 0.717) is 0 Å². The summed E-state index contributed by atoms with van der Waals surface area (Å²) < 4.78 is 0.956. The van der Waals surface area contributed by atoms with Gasteiger partial charge >= 0.3 is 0 Å². The molecule has 0 spiro atoms. The van der Waals surface area contributed by atoms with Crippen LogP contribution in [0.3, 0.4) is 0 Å². The van der Waals surface area contributed by atoms with Crippen molar-refractivity contribution >= 4 is 27.5 Å². The van der Waals surface area contributed by atoms with Gasteiger partial charge in [-0.3, -0.25) is 0 Å². The zero-order chi connectivity index (χ0) is 11.3. The SMILES string of the molecule is CC(C)(N)C1(c2ccc(Cl)c(Br)c2)CC1. The summed E-state index contributed by atoms with van der Waals surface area (Å²) in [6.45, 7) is 4.20. The van der Waals surface area contributed by atoms with Crippen LogP contribution in [-0.4, -0.2) is 5.54 Å². The first-order chi connectivity index (χ1) is 6.87. The Kier molecular flexibility index (Phi) is 2.65. The van der Waals surface area contributed by atoms with Crippen molar-refractivity contribution < 1.29 is 0 Å². The van der Waals surface area contributed by atoms with E-state index < -0.39 is 0 Å². The van der Waals surface area contributed by atoms with Crippen LogP contribution in [0.2, 0.25) is 5.02 Å². The second-order valence-electron chi connectivity index (χ2n) is 4.93. The maximum Gasteiger partial charge on any atom is 0.0548 e. The van der Waals surface area contributed by atoms with Gasteiger partial charge in [0.25, 0.3) is 0 Å². The molecule has 15 heavy (non-hydrogen) atoms. The first kappa shape index (κ1) is 11.4. The molecule has 0 atom stereocenters. The Morgan fingerprint density at radius 2 is 2.00 bits per heavy atom. The Balaban J connectivity index is 2.43. The van der Waals surface area contributed by atoms with Gasteiger partial charge in [-0.15, -0.1) is 0 Å². The summed E-state index contributed by atoms with van der Waals surface area (Å²) in [6, 6.07) is 6.13. The second-order valence-corrected chi connectivity index (χ2v) is 6.19. The molecule has 1 aromatic carbocycles. The molecule has 1 saturated carbocycles. The summed E-state index contributed by atoms with van der Waals surface area (Å²) in [5.74, 6) is 0. The van der Waals surface area contributed by atoms with Crippen LogP contribution in [0.5, 0.6) is 0 Å². The van der Waals surface area contributed by atoms with Crippen molar-refractivity contribution in [3.05, 3.63) is 33.3 Å². The molecule has 1 nitrogen and oxygen atoms in total. The van der Waals surface area contributed by atoms with E-state index in [1.807, 2.05) is 6.07 Å². The minimum absolute atomic E-state index is 0.153. The third kappa shape index (κ3) is 1.83. The van der Waals surface area contributed by atoms with Gasteiger partial charge < -0.3 is 5.73 Å². The average Bonchev–Trinajstić information content (AvgIpc) is 2.88. The molecule has 0 unspecified atom stereocenters. The third-order valence-electron chi connectivity index (χ3n) is 3.46.